The van der Waals surface area contributed by atoms with Crippen LogP contribution in [0, 0.1) is 0 Å². The molecule has 0 aliphatic carbocycles. The van der Waals surface area contributed by atoms with E-state index in [0.717, 1.165) is 10.9 Å². The number of rotatable bonds is 9. The Kier molecular flexibility index (Phi) is 7.47. The third kappa shape index (κ3) is 8.41. The van der Waals surface area contributed by atoms with Crippen LogP contribution in [0.5, 0.6) is 23.0 Å². The maximum absolute atomic E-state index is 6.50. The molecule has 4 nitrogen and oxygen atoms in total. The van der Waals surface area contributed by atoms with Gasteiger partial charge in [0.25, 0.3) is 0 Å². The van der Waals surface area contributed by atoms with Crippen LogP contribution in [0.3, 0.4) is 0 Å². The van der Waals surface area contributed by atoms with Crippen LogP contribution in [0.25, 0.3) is 0 Å². The monoisotopic (exact) mass is 462 g/mol. The number of benzene rings is 2. The van der Waals surface area contributed by atoms with Crippen LogP contribution in [0.1, 0.15) is 0 Å². The van der Waals surface area contributed by atoms with Crippen LogP contribution in [0.2, 0.25) is 58.9 Å². The Hall–Kier alpha value is -1.49. The lowest BCUT2D eigenvalue weighted by Crippen LogP contribution is -2.34. The molecule has 0 heterocycles. The lowest BCUT2D eigenvalue weighted by molar-refractivity contribution is 0.438. The zero-order valence-electron chi connectivity index (χ0n) is 19.2. The molecule has 2 rings (SSSR count). The Balaban J connectivity index is 2.52. The fraction of sp³-hybridized carbons (Fsp3) is 0.429. The van der Waals surface area contributed by atoms with E-state index in [9.17, 15) is 0 Å². The summed E-state index contributed by atoms with van der Waals surface area (Å²) in [6.07, 6.45) is 0. The van der Waals surface area contributed by atoms with E-state index in [2.05, 4.69) is 71.1 Å². The molecule has 0 aromatic heterocycles. The summed E-state index contributed by atoms with van der Waals surface area (Å²) >= 11 is 0. The van der Waals surface area contributed by atoms with Gasteiger partial charge in [-0.2, -0.15) is 0 Å². The summed E-state index contributed by atoms with van der Waals surface area (Å²) in [4.78, 5) is 0. The Morgan fingerprint density at radius 3 is 1.48 bits per heavy atom. The molecule has 8 heteroatoms. The SMILES string of the molecule is C[Si](C)(C)Oc1ccc(O[Si]c2ccccc2)c(O[Si](C)(C)C)c1O[Si](C)(C)C. The molecule has 0 bridgehead atoms. The van der Waals surface area contributed by atoms with Crippen LogP contribution in [0.15, 0.2) is 42.5 Å². The second-order valence-corrected chi connectivity index (χ2v) is 24.2. The molecule has 0 spiro atoms. The molecule has 2 aromatic rings. The van der Waals surface area contributed by atoms with Crippen molar-refractivity contribution in [2.45, 2.75) is 58.9 Å². The quantitative estimate of drug-likeness (QED) is 0.451. The molecule has 0 fully saturated rings. The van der Waals surface area contributed by atoms with Gasteiger partial charge in [0, 0.05) is 0 Å². The van der Waals surface area contributed by atoms with E-state index >= 15 is 0 Å². The van der Waals surface area contributed by atoms with Crippen LogP contribution in [-0.4, -0.2) is 34.7 Å². The van der Waals surface area contributed by atoms with Crippen molar-refractivity contribution in [3.05, 3.63) is 42.5 Å². The third-order valence-corrected chi connectivity index (χ3v) is 6.68. The minimum absolute atomic E-state index is 0.195. The summed E-state index contributed by atoms with van der Waals surface area (Å²) in [6, 6.07) is 14.1. The van der Waals surface area contributed by atoms with Crippen molar-refractivity contribution in [3.8, 4) is 23.0 Å². The molecule has 158 valence electrons. The second-order valence-electron chi connectivity index (χ2n) is 9.93. The predicted octanol–water partition coefficient (Wildman–Crippen LogP) is 5.65. The van der Waals surface area contributed by atoms with Crippen molar-refractivity contribution >= 4 is 39.9 Å². The van der Waals surface area contributed by atoms with Crippen LogP contribution in [0.4, 0.5) is 0 Å². The minimum atomic E-state index is -1.91. The van der Waals surface area contributed by atoms with E-state index in [0.29, 0.717) is 17.2 Å². The van der Waals surface area contributed by atoms with Gasteiger partial charge in [0.2, 0.25) is 25.0 Å². The van der Waals surface area contributed by atoms with E-state index in [1.807, 2.05) is 30.3 Å². The summed E-state index contributed by atoms with van der Waals surface area (Å²) in [7, 11) is -5.44. The summed E-state index contributed by atoms with van der Waals surface area (Å²) in [5, 5.41) is 1.14. The van der Waals surface area contributed by atoms with E-state index in [4.69, 9.17) is 17.7 Å². The molecule has 0 saturated heterocycles. The van der Waals surface area contributed by atoms with E-state index < -0.39 is 25.0 Å². The Morgan fingerprint density at radius 1 is 0.552 bits per heavy atom. The van der Waals surface area contributed by atoms with Gasteiger partial charge in [-0.3, -0.25) is 0 Å². The number of hydrogen-bond acceptors (Lipinski definition) is 4. The first-order valence-electron chi connectivity index (χ1n) is 9.95. The van der Waals surface area contributed by atoms with Gasteiger partial charge in [0.15, 0.2) is 11.5 Å². The summed E-state index contributed by atoms with van der Waals surface area (Å²) in [6.45, 7) is 19.5. The average molecular weight is 463 g/mol. The van der Waals surface area contributed by atoms with Crippen molar-refractivity contribution in [2.24, 2.45) is 0 Å². The Labute approximate surface area is 181 Å². The highest BCUT2D eigenvalue weighted by molar-refractivity contribution is 6.71. The molecule has 0 unspecified atom stereocenters. The molecule has 2 aromatic carbocycles. The minimum Gasteiger partial charge on any atom is -0.542 e. The molecular weight excluding hydrogens is 429 g/mol. The summed E-state index contributed by atoms with van der Waals surface area (Å²) in [5.41, 5.74) is 0. The third-order valence-electron chi connectivity index (χ3n) is 3.33. The maximum Gasteiger partial charge on any atom is 0.351 e. The van der Waals surface area contributed by atoms with Crippen LogP contribution >= 0.6 is 0 Å². The smallest absolute Gasteiger partial charge is 0.351 e. The van der Waals surface area contributed by atoms with Gasteiger partial charge in [-0.25, -0.2) is 0 Å². The maximum atomic E-state index is 6.50. The van der Waals surface area contributed by atoms with Crippen molar-refractivity contribution in [1.29, 1.82) is 0 Å². The van der Waals surface area contributed by atoms with Crippen molar-refractivity contribution < 1.29 is 17.7 Å². The standard InChI is InChI=1S/C21H34O4Si4/c1-27(2,3)23-19-16-15-18(22-26-17-13-11-10-12-14-17)20(24-28(4,5)6)21(19)25-29(7,8)9/h10-16H,1-9H3. The molecule has 0 aliphatic heterocycles. The fourth-order valence-corrected chi connectivity index (χ4v) is 5.59. The first-order chi connectivity index (χ1) is 13.2. The van der Waals surface area contributed by atoms with Crippen LogP contribution < -0.4 is 22.9 Å². The van der Waals surface area contributed by atoms with Gasteiger partial charge >= 0.3 is 9.76 Å². The predicted molar refractivity (Wildman–Crippen MR) is 131 cm³/mol. The van der Waals surface area contributed by atoms with Gasteiger partial charge in [-0.15, -0.1) is 0 Å². The molecule has 2 radical (unpaired) electrons. The summed E-state index contributed by atoms with van der Waals surface area (Å²) < 4.78 is 25.6. The molecule has 0 amide bonds. The van der Waals surface area contributed by atoms with Gasteiger partial charge < -0.3 is 17.7 Å². The van der Waals surface area contributed by atoms with Gasteiger partial charge in [0.1, 0.15) is 11.5 Å². The van der Waals surface area contributed by atoms with Crippen molar-refractivity contribution in [2.75, 3.05) is 0 Å². The first kappa shape index (κ1) is 23.8. The van der Waals surface area contributed by atoms with E-state index in [1.54, 1.807) is 0 Å². The van der Waals surface area contributed by atoms with Gasteiger partial charge in [-0.1, -0.05) is 30.3 Å². The lowest BCUT2D eigenvalue weighted by Gasteiger charge is -2.30. The van der Waals surface area contributed by atoms with Crippen molar-refractivity contribution in [1.82, 2.24) is 0 Å². The Morgan fingerprint density at radius 2 is 1.00 bits per heavy atom. The van der Waals surface area contributed by atoms with Gasteiger partial charge in [0.05, 0.1) is 0 Å². The van der Waals surface area contributed by atoms with Crippen LogP contribution in [-0.2, 0) is 0 Å². The molecule has 0 saturated carbocycles. The molecular formula is C21H34O4Si4. The van der Waals surface area contributed by atoms with E-state index in [1.165, 1.54) is 0 Å². The summed E-state index contributed by atoms with van der Waals surface area (Å²) in [5.74, 6) is 2.86. The average Bonchev–Trinajstić information content (AvgIpc) is 2.54. The molecule has 0 atom stereocenters. The molecule has 29 heavy (non-hydrogen) atoms. The normalized spacial score (nSPS) is 12.4. The zero-order valence-corrected chi connectivity index (χ0v) is 23.2. The largest absolute Gasteiger partial charge is 0.542 e. The molecule has 0 N–H and O–H groups in total. The lowest BCUT2D eigenvalue weighted by atomic mass is 10.3. The highest BCUT2D eigenvalue weighted by Crippen LogP contribution is 2.47. The highest BCUT2D eigenvalue weighted by atomic mass is 28.4. The fourth-order valence-electron chi connectivity index (χ4n) is 2.44. The van der Waals surface area contributed by atoms with E-state index in [-0.39, 0.29) is 9.76 Å². The second kappa shape index (κ2) is 9.11. The highest BCUT2D eigenvalue weighted by Gasteiger charge is 2.30. The topological polar surface area (TPSA) is 36.9 Å². The first-order valence-corrected chi connectivity index (χ1v) is 21.1. The Bertz CT molecular complexity index is 806. The van der Waals surface area contributed by atoms with Gasteiger partial charge in [-0.05, 0) is 76.2 Å². The zero-order chi connectivity index (χ0) is 21.9. The van der Waals surface area contributed by atoms with Crippen molar-refractivity contribution in [3.63, 3.8) is 0 Å². The number of hydrogen-bond donors (Lipinski definition) is 0. The molecule has 0 aliphatic rings.